The van der Waals surface area contributed by atoms with Crippen molar-refractivity contribution in [1.29, 1.82) is 0 Å². The zero-order chi connectivity index (χ0) is 16.9. The molecule has 3 nitrogen and oxygen atoms in total. The molecule has 0 aliphatic heterocycles. The number of alkyl halides is 3. The first kappa shape index (κ1) is 16.7. The van der Waals surface area contributed by atoms with E-state index in [2.05, 4.69) is 10.5 Å². The molecule has 0 saturated carbocycles. The number of carbonyl (C=O) groups is 1. The summed E-state index contributed by atoms with van der Waals surface area (Å²) in [6.07, 6.45) is -3.62. The van der Waals surface area contributed by atoms with Crippen LogP contribution in [0.4, 0.5) is 17.6 Å². The van der Waals surface area contributed by atoms with Crippen LogP contribution in [0.15, 0.2) is 53.6 Å². The number of hydrazone groups is 1. The van der Waals surface area contributed by atoms with Gasteiger partial charge in [-0.05, 0) is 23.8 Å². The van der Waals surface area contributed by atoms with Gasteiger partial charge in [0.25, 0.3) is 0 Å². The van der Waals surface area contributed by atoms with Crippen molar-refractivity contribution < 1.29 is 22.4 Å². The molecule has 2 rings (SSSR count). The fourth-order valence-electron chi connectivity index (χ4n) is 1.87. The van der Waals surface area contributed by atoms with Crippen molar-refractivity contribution in [3.63, 3.8) is 0 Å². The standard InChI is InChI=1S/C16H12F4N2O/c17-13-7-5-11(6-8-13)9-15(23)22-21-10-12-3-1-2-4-14(12)16(18,19)20/h1-8,10H,9H2,(H,22,23)/b21-10+. The molecule has 0 unspecified atom stereocenters. The first-order valence-electron chi connectivity index (χ1n) is 6.59. The van der Waals surface area contributed by atoms with Crippen LogP contribution in [0.3, 0.4) is 0 Å². The van der Waals surface area contributed by atoms with Gasteiger partial charge in [-0.3, -0.25) is 4.79 Å². The Morgan fingerprint density at radius 1 is 1.09 bits per heavy atom. The molecule has 2 aromatic carbocycles. The highest BCUT2D eigenvalue weighted by atomic mass is 19.4. The van der Waals surface area contributed by atoms with Gasteiger partial charge in [0.15, 0.2) is 0 Å². The van der Waals surface area contributed by atoms with Crippen LogP contribution >= 0.6 is 0 Å². The van der Waals surface area contributed by atoms with E-state index in [9.17, 15) is 22.4 Å². The van der Waals surface area contributed by atoms with Crippen molar-refractivity contribution in [3.05, 3.63) is 71.0 Å². The maximum absolute atomic E-state index is 12.8. The molecule has 0 saturated heterocycles. The zero-order valence-corrected chi connectivity index (χ0v) is 11.8. The highest BCUT2D eigenvalue weighted by molar-refractivity contribution is 5.84. The maximum atomic E-state index is 12.8. The van der Waals surface area contributed by atoms with Crippen molar-refractivity contribution in [2.45, 2.75) is 12.6 Å². The van der Waals surface area contributed by atoms with Crippen LogP contribution in [0.2, 0.25) is 0 Å². The molecule has 0 atom stereocenters. The lowest BCUT2D eigenvalue weighted by Crippen LogP contribution is -2.20. The second-order valence-corrected chi connectivity index (χ2v) is 4.68. The molecular formula is C16H12F4N2O. The quantitative estimate of drug-likeness (QED) is 0.522. The largest absolute Gasteiger partial charge is 0.417 e. The van der Waals surface area contributed by atoms with Crippen molar-refractivity contribution in [2.75, 3.05) is 0 Å². The van der Waals surface area contributed by atoms with Gasteiger partial charge in [0.05, 0.1) is 18.2 Å². The van der Waals surface area contributed by atoms with E-state index in [1.165, 1.54) is 42.5 Å². The molecule has 7 heteroatoms. The lowest BCUT2D eigenvalue weighted by molar-refractivity contribution is -0.137. The summed E-state index contributed by atoms with van der Waals surface area (Å²) in [7, 11) is 0. The molecule has 0 heterocycles. The summed E-state index contributed by atoms with van der Waals surface area (Å²) < 4.78 is 51.1. The third-order valence-corrected chi connectivity index (χ3v) is 2.94. The fraction of sp³-hybridized carbons (Fsp3) is 0.125. The molecule has 23 heavy (non-hydrogen) atoms. The molecule has 0 spiro atoms. The average molecular weight is 324 g/mol. The molecular weight excluding hydrogens is 312 g/mol. The van der Waals surface area contributed by atoms with E-state index in [-0.39, 0.29) is 12.0 Å². The molecule has 0 aliphatic carbocycles. The third-order valence-electron chi connectivity index (χ3n) is 2.94. The van der Waals surface area contributed by atoms with Crippen molar-refractivity contribution in [3.8, 4) is 0 Å². The molecule has 120 valence electrons. The van der Waals surface area contributed by atoms with E-state index in [0.29, 0.717) is 5.56 Å². The second kappa shape index (κ2) is 7.04. The number of carbonyl (C=O) groups excluding carboxylic acids is 1. The minimum absolute atomic E-state index is 0.0570. The summed E-state index contributed by atoms with van der Waals surface area (Å²) in [4.78, 5) is 11.6. The molecule has 0 aromatic heterocycles. The SMILES string of the molecule is O=C(Cc1ccc(F)cc1)N/N=C/c1ccccc1C(F)(F)F. The molecule has 0 aliphatic rings. The number of hydrogen-bond donors (Lipinski definition) is 1. The number of amides is 1. The minimum atomic E-state index is -4.50. The van der Waals surface area contributed by atoms with Crippen LogP contribution in [0.1, 0.15) is 16.7 Å². The van der Waals surface area contributed by atoms with E-state index in [1.54, 1.807) is 0 Å². The Hall–Kier alpha value is -2.70. The van der Waals surface area contributed by atoms with Crippen molar-refractivity contribution >= 4 is 12.1 Å². The van der Waals surface area contributed by atoms with Gasteiger partial charge in [-0.25, -0.2) is 9.82 Å². The topological polar surface area (TPSA) is 41.5 Å². The monoisotopic (exact) mass is 324 g/mol. The van der Waals surface area contributed by atoms with Crippen LogP contribution in [0, 0.1) is 5.82 Å². The number of nitrogens with one attached hydrogen (secondary N) is 1. The van der Waals surface area contributed by atoms with Gasteiger partial charge in [0.1, 0.15) is 5.82 Å². The Bertz CT molecular complexity index is 709. The predicted octanol–water partition coefficient (Wildman–Crippen LogP) is 3.54. The summed E-state index contributed by atoms with van der Waals surface area (Å²) in [6, 6.07) is 10.2. The minimum Gasteiger partial charge on any atom is -0.273 e. The van der Waals surface area contributed by atoms with Crippen molar-refractivity contribution in [2.24, 2.45) is 5.10 Å². The van der Waals surface area contributed by atoms with E-state index in [0.717, 1.165) is 12.3 Å². The first-order valence-corrected chi connectivity index (χ1v) is 6.59. The normalized spacial score (nSPS) is 11.7. The fourth-order valence-corrected chi connectivity index (χ4v) is 1.87. The Labute approximate surface area is 129 Å². The lowest BCUT2D eigenvalue weighted by Gasteiger charge is -2.09. The number of rotatable bonds is 4. The molecule has 1 amide bonds. The summed E-state index contributed by atoms with van der Waals surface area (Å²) in [5.74, 6) is -0.937. The third kappa shape index (κ3) is 4.91. The van der Waals surface area contributed by atoms with Gasteiger partial charge in [-0.15, -0.1) is 0 Å². The molecule has 0 radical (unpaired) electrons. The predicted molar refractivity (Wildman–Crippen MR) is 77.3 cm³/mol. The molecule has 1 N–H and O–H groups in total. The zero-order valence-electron chi connectivity index (χ0n) is 11.8. The summed E-state index contributed by atoms with van der Waals surface area (Å²) in [6.45, 7) is 0. The number of benzene rings is 2. The van der Waals surface area contributed by atoms with Gasteiger partial charge in [-0.2, -0.15) is 18.3 Å². The smallest absolute Gasteiger partial charge is 0.273 e. The van der Waals surface area contributed by atoms with Crippen LogP contribution in [0.25, 0.3) is 0 Å². The van der Waals surface area contributed by atoms with Crippen LogP contribution in [0.5, 0.6) is 0 Å². The van der Waals surface area contributed by atoms with Crippen LogP contribution in [-0.2, 0) is 17.4 Å². The Kier molecular flexibility index (Phi) is 5.10. The summed E-state index contributed by atoms with van der Waals surface area (Å²) in [5.41, 5.74) is 1.72. The van der Waals surface area contributed by atoms with Crippen LogP contribution < -0.4 is 5.43 Å². The average Bonchev–Trinajstić information content (AvgIpc) is 2.49. The Morgan fingerprint density at radius 3 is 2.39 bits per heavy atom. The maximum Gasteiger partial charge on any atom is 0.417 e. The lowest BCUT2D eigenvalue weighted by atomic mass is 10.1. The molecule has 0 bridgehead atoms. The van der Waals surface area contributed by atoms with Crippen LogP contribution in [-0.4, -0.2) is 12.1 Å². The summed E-state index contributed by atoms with van der Waals surface area (Å²) in [5, 5.41) is 3.53. The highest BCUT2D eigenvalue weighted by Gasteiger charge is 2.32. The van der Waals surface area contributed by atoms with Gasteiger partial charge in [-0.1, -0.05) is 30.3 Å². The number of hydrogen-bond acceptors (Lipinski definition) is 2. The molecule has 0 fully saturated rings. The van der Waals surface area contributed by atoms with Gasteiger partial charge in [0, 0.05) is 5.56 Å². The Morgan fingerprint density at radius 2 is 1.74 bits per heavy atom. The number of halogens is 4. The highest BCUT2D eigenvalue weighted by Crippen LogP contribution is 2.30. The van der Waals surface area contributed by atoms with Gasteiger partial charge >= 0.3 is 6.18 Å². The van der Waals surface area contributed by atoms with E-state index >= 15 is 0 Å². The van der Waals surface area contributed by atoms with Crippen molar-refractivity contribution in [1.82, 2.24) is 5.43 Å². The first-order chi connectivity index (χ1) is 10.9. The van der Waals surface area contributed by atoms with E-state index < -0.39 is 23.5 Å². The molecule has 2 aromatic rings. The Balaban J connectivity index is 1.99. The van der Waals surface area contributed by atoms with E-state index in [1.807, 2.05) is 0 Å². The van der Waals surface area contributed by atoms with Gasteiger partial charge in [0.2, 0.25) is 5.91 Å². The second-order valence-electron chi connectivity index (χ2n) is 4.68. The van der Waals surface area contributed by atoms with Gasteiger partial charge < -0.3 is 0 Å². The van der Waals surface area contributed by atoms with E-state index in [4.69, 9.17) is 0 Å². The number of nitrogens with zero attached hydrogens (tertiary/aromatic N) is 1. The summed E-state index contributed by atoms with van der Waals surface area (Å²) >= 11 is 0.